The van der Waals surface area contributed by atoms with Gasteiger partial charge in [0.2, 0.25) is 0 Å². The smallest absolute Gasteiger partial charge is 0.130 e. The maximum absolute atomic E-state index is 8.95. The molecule has 7 nitrogen and oxygen atoms in total. The molecule has 21 heavy (non-hydrogen) atoms. The van der Waals surface area contributed by atoms with Crippen LogP contribution in [0.15, 0.2) is 34.3 Å². The van der Waals surface area contributed by atoms with E-state index in [1.807, 2.05) is 19.1 Å². The Kier molecular flexibility index (Phi) is 7.71. The summed E-state index contributed by atoms with van der Waals surface area (Å²) in [6, 6.07) is 9.83. The fourth-order valence-electron chi connectivity index (χ4n) is 1.49. The van der Waals surface area contributed by atoms with E-state index < -0.39 is 0 Å². The van der Waals surface area contributed by atoms with Crippen molar-refractivity contribution in [3.8, 4) is 0 Å². The predicted octanol–water partition coefficient (Wildman–Crippen LogP) is 1.80. The molecule has 0 saturated heterocycles. The molecule has 2 aromatic rings. The second-order valence-electron chi connectivity index (χ2n) is 4.58. The summed E-state index contributed by atoms with van der Waals surface area (Å²) in [7, 11) is 4.12. The van der Waals surface area contributed by atoms with Crippen LogP contribution >= 0.6 is 0 Å². The molecule has 0 aliphatic carbocycles. The number of benzene rings is 1. The first-order chi connectivity index (χ1) is 10.1. The minimum absolute atomic E-state index is 0.627. The molecule has 0 atom stereocenters. The van der Waals surface area contributed by atoms with Crippen LogP contribution in [0.1, 0.15) is 13.3 Å². The monoisotopic (exact) mass is 290 g/mol. The summed E-state index contributed by atoms with van der Waals surface area (Å²) in [6.45, 7) is 4.67. The SMILES string of the molecule is CCN=C=NCCCN(C)C.On1nnc2ccccc21. The van der Waals surface area contributed by atoms with Crippen LogP contribution in [0.2, 0.25) is 0 Å². The highest BCUT2D eigenvalue weighted by Gasteiger charge is 1.98. The quantitative estimate of drug-likeness (QED) is 0.517. The molecule has 1 N–H and O–H groups in total. The van der Waals surface area contributed by atoms with Gasteiger partial charge in [-0.2, -0.15) is 0 Å². The first-order valence-corrected chi connectivity index (χ1v) is 6.87. The number of fused-ring (bicyclic) bond motifs is 1. The molecule has 0 fully saturated rings. The molecule has 0 amide bonds. The third-order valence-electron chi connectivity index (χ3n) is 2.51. The Morgan fingerprint density at radius 3 is 2.71 bits per heavy atom. The molecule has 7 heteroatoms. The van der Waals surface area contributed by atoms with E-state index in [2.05, 4.69) is 45.3 Å². The number of aliphatic imine (C=N–C) groups is 2. The van der Waals surface area contributed by atoms with E-state index in [-0.39, 0.29) is 0 Å². The topological polar surface area (TPSA) is 78.9 Å². The van der Waals surface area contributed by atoms with Crippen LogP contribution in [0.4, 0.5) is 0 Å². The van der Waals surface area contributed by atoms with Crippen molar-refractivity contribution in [2.24, 2.45) is 9.98 Å². The third-order valence-corrected chi connectivity index (χ3v) is 2.51. The molecule has 0 aliphatic heterocycles. The van der Waals surface area contributed by atoms with Crippen molar-refractivity contribution in [1.82, 2.24) is 20.1 Å². The number of hydrogen-bond acceptors (Lipinski definition) is 6. The van der Waals surface area contributed by atoms with Gasteiger partial charge in [0.1, 0.15) is 11.0 Å². The molecule has 0 spiro atoms. The molecule has 0 radical (unpaired) electrons. The molecular weight excluding hydrogens is 268 g/mol. The van der Waals surface area contributed by atoms with E-state index in [1.54, 1.807) is 12.1 Å². The lowest BCUT2D eigenvalue weighted by atomic mass is 10.3. The molecule has 0 aliphatic rings. The number of rotatable bonds is 5. The summed E-state index contributed by atoms with van der Waals surface area (Å²) < 4.78 is 0. The number of aromatic nitrogens is 3. The second-order valence-corrected chi connectivity index (χ2v) is 4.58. The highest BCUT2D eigenvalue weighted by molar-refractivity contribution is 5.73. The molecule has 0 bridgehead atoms. The van der Waals surface area contributed by atoms with Crippen molar-refractivity contribution >= 4 is 17.0 Å². The Morgan fingerprint density at radius 1 is 1.29 bits per heavy atom. The van der Waals surface area contributed by atoms with Crippen LogP contribution in [0, 0.1) is 0 Å². The molecule has 1 aromatic carbocycles. The van der Waals surface area contributed by atoms with Gasteiger partial charge in [-0.05, 0) is 51.3 Å². The van der Waals surface area contributed by atoms with E-state index in [0.29, 0.717) is 11.0 Å². The average Bonchev–Trinajstić information content (AvgIpc) is 2.85. The zero-order valence-electron chi connectivity index (χ0n) is 12.8. The van der Waals surface area contributed by atoms with Crippen LogP contribution < -0.4 is 0 Å². The summed E-state index contributed by atoms with van der Waals surface area (Å²) >= 11 is 0. The normalized spacial score (nSPS) is 9.90. The van der Waals surface area contributed by atoms with Gasteiger partial charge in [-0.15, -0.1) is 5.10 Å². The Morgan fingerprint density at radius 2 is 2.05 bits per heavy atom. The summed E-state index contributed by atoms with van der Waals surface area (Å²) in [6.07, 6.45) is 1.08. The van der Waals surface area contributed by atoms with Gasteiger partial charge in [-0.25, -0.2) is 9.98 Å². The fourth-order valence-corrected chi connectivity index (χ4v) is 1.49. The van der Waals surface area contributed by atoms with Crippen molar-refractivity contribution in [2.75, 3.05) is 33.7 Å². The molecule has 0 saturated carbocycles. The van der Waals surface area contributed by atoms with E-state index in [0.717, 1.165) is 30.9 Å². The molecule has 2 rings (SSSR count). The highest BCUT2D eigenvalue weighted by Crippen LogP contribution is 2.06. The largest absolute Gasteiger partial charge is 0.410 e. The van der Waals surface area contributed by atoms with Gasteiger partial charge in [0, 0.05) is 6.54 Å². The van der Waals surface area contributed by atoms with E-state index in [1.165, 1.54) is 0 Å². The molecule has 1 aromatic heterocycles. The maximum Gasteiger partial charge on any atom is 0.130 e. The first kappa shape index (κ1) is 16.8. The predicted molar refractivity (Wildman–Crippen MR) is 83.2 cm³/mol. The van der Waals surface area contributed by atoms with E-state index in [4.69, 9.17) is 5.21 Å². The summed E-state index contributed by atoms with van der Waals surface area (Å²) in [5, 5.41) is 16.1. The minimum atomic E-state index is 0.627. The number of nitrogens with zero attached hydrogens (tertiary/aromatic N) is 6. The lowest BCUT2D eigenvalue weighted by Gasteiger charge is -2.05. The van der Waals surface area contributed by atoms with Crippen LogP contribution in [0.5, 0.6) is 0 Å². The zero-order chi connectivity index (χ0) is 15.5. The van der Waals surface area contributed by atoms with Crippen molar-refractivity contribution in [3.05, 3.63) is 24.3 Å². The van der Waals surface area contributed by atoms with Crippen LogP contribution in [-0.4, -0.2) is 65.0 Å². The average molecular weight is 290 g/mol. The van der Waals surface area contributed by atoms with Gasteiger partial charge < -0.3 is 10.1 Å². The lowest BCUT2D eigenvalue weighted by Crippen LogP contribution is -2.13. The highest BCUT2D eigenvalue weighted by atomic mass is 16.5. The number of para-hydroxylation sites is 1. The van der Waals surface area contributed by atoms with Gasteiger partial charge in [-0.3, -0.25) is 0 Å². The number of hydrogen-bond donors (Lipinski definition) is 1. The van der Waals surface area contributed by atoms with E-state index in [9.17, 15) is 0 Å². The molecule has 1 heterocycles. The maximum atomic E-state index is 8.95. The molecular formula is C14H22N6O. The Hall–Kier alpha value is -2.24. The van der Waals surface area contributed by atoms with Gasteiger partial charge >= 0.3 is 0 Å². The molecule has 0 unspecified atom stereocenters. The molecule has 114 valence electrons. The summed E-state index contributed by atoms with van der Waals surface area (Å²) in [5.41, 5.74) is 1.33. The Balaban J connectivity index is 0.000000210. The Labute approximate surface area is 124 Å². The van der Waals surface area contributed by atoms with Crippen molar-refractivity contribution < 1.29 is 5.21 Å². The van der Waals surface area contributed by atoms with E-state index >= 15 is 0 Å². The van der Waals surface area contributed by atoms with Gasteiger partial charge in [-0.1, -0.05) is 17.0 Å². The van der Waals surface area contributed by atoms with Crippen molar-refractivity contribution in [3.63, 3.8) is 0 Å². The van der Waals surface area contributed by atoms with Gasteiger partial charge in [0.05, 0.1) is 12.6 Å². The van der Waals surface area contributed by atoms with Gasteiger partial charge in [0.15, 0.2) is 0 Å². The van der Waals surface area contributed by atoms with Crippen LogP contribution in [0.3, 0.4) is 0 Å². The third kappa shape index (κ3) is 6.65. The van der Waals surface area contributed by atoms with Crippen LogP contribution in [-0.2, 0) is 0 Å². The Bertz CT molecular complexity index is 586. The van der Waals surface area contributed by atoms with Gasteiger partial charge in [0.25, 0.3) is 0 Å². The lowest BCUT2D eigenvalue weighted by molar-refractivity contribution is 0.155. The summed E-state index contributed by atoms with van der Waals surface area (Å²) in [5.74, 6) is 0. The van der Waals surface area contributed by atoms with Crippen LogP contribution in [0.25, 0.3) is 11.0 Å². The minimum Gasteiger partial charge on any atom is -0.410 e. The van der Waals surface area contributed by atoms with Crippen molar-refractivity contribution in [2.45, 2.75) is 13.3 Å². The zero-order valence-corrected chi connectivity index (χ0v) is 12.8. The summed E-state index contributed by atoms with van der Waals surface area (Å²) in [4.78, 5) is 10.8. The second kappa shape index (κ2) is 9.63. The fraction of sp³-hybridized carbons (Fsp3) is 0.500. The first-order valence-electron chi connectivity index (χ1n) is 6.87. The van der Waals surface area contributed by atoms with Crippen molar-refractivity contribution in [1.29, 1.82) is 0 Å². The standard InChI is InChI=1S/C8H17N3.C6H5N3O/c1-4-9-8-10-6-5-7-11(2)3;10-9-6-4-2-1-3-5(6)7-8-9/h4-7H2,1-3H3;1-4,10H.